The van der Waals surface area contributed by atoms with Crippen molar-refractivity contribution >= 4 is 11.8 Å². The first-order valence-electron chi connectivity index (χ1n) is 6.91. The van der Waals surface area contributed by atoms with Gasteiger partial charge in [-0.3, -0.25) is 25.3 Å². The van der Waals surface area contributed by atoms with Gasteiger partial charge >= 0.3 is 0 Å². The van der Waals surface area contributed by atoms with Crippen molar-refractivity contribution in [2.24, 2.45) is 0 Å². The van der Waals surface area contributed by atoms with Crippen LogP contribution < -0.4 is 10.9 Å². The Bertz CT molecular complexity index is 469. The Labute approximate surface area is 125 Å². The summed E-state index contributed by atoms with van der Waals surface area (Å²) in [4.78, 5) is 25.3. The van der Waals surface area contributed by atoms with Crippen LogP contribution in [0.4, 0.5) is 0 Å². The van der Waals surface area contributed by atoms with E-state index in [1.54, 1.807) is 43.0 Å². The molecule has 0 bridgehead atoms. The second-order valence-electron chi connectivity index (χ2n) is 5.48. The smallest absolute Gasteiger partial charge is 0.269 e. The van der Waals surface area contributed by atoms with Crippen molar-refractivity contribution in [2.45, 2.75) is 26.4 Å². The quantitative estimate of drug-likeness (QED) is 0.669. The topological polar surface area (TPSA) is 81.7 Å². The lowest BCUT2D eigenvalue weighted by molar-refractivity contribution is -0.123. The molecule has 0 fully saturated rings. The number of rotatable bonds is 6. The van der Waals surface area contributed by atoms with Gasteiger partial charge in [0.2, 0.25) is 0 Å². The molecule has 0 heterocycles. The van der Waals surface area contributed by atoms with E-state index >= 15 is 0 Å². The molecule has 6 heteroatoms. The van der Waals surface area contributed by atoms with E-state index in [0.29, 0.717) is 18.7 Å². The molecule has 2 amide bonds. The maximum absolute atomic E-state index is 11.8. The molecule has 0 saturated carbocycles. The van der Waals surface area contributed by atoms with Gasteiger partial charge in [0, 0.05) is 12.1 Å². The van der Waals surface area contributed by atoms with Gasteiger partial charge in [0.1, 0.15) is 0 Å². The lowest BCUT2D eigenvalue weighted by Gasteiger charge is -2.27. The van der Waals surface area contributed by atoms with Gasteiger partial charge in [0.05, 0.1) is 12.1 Å². The minimum atomic E-state index is -0.871. The predicted molar refractivity (Wildman–Crippen MR) is 80.5 cm³/mol. The van der Waals surface area contributed by atoms with Crippen molar-refractivity contribution in [3.05, 3.63) is 35.9 Å². The van der Waals surface area contributed by atoms with Crippen LogP contribution in [0.25, 0.3) is 0 Å². The molecule has 0 atom stereocenters. The zero-order valence-electron chi connectivity index (χ0n) is 12.7. The number of aliphatic hydroxyl groups is 1. The number of nitrogens with one attached hydrogen (secondary N) is 2. The second kappa shape index (κ2) is 7.75. The van der Waals surface area contributed by atoms with Crippen LogP contribution in [0.15, 0.2) is 30.3 Å². The van der Waals surface area contributed by atoms with Crippen molar-refractivity contribution in [2.75, 3.05) is 19.6 Å². The Balaban J connectivity index is 2.41. The highest BCUT2D eigenvalue weighted by Gasteiger charge is 2.19. The van der Waals surface area contributed by atoms with Crippen LogP contribution in [0.1, 0.15) is 31.1 Å². The summed E-state index contributed by atoms with van der Waals surface area (Å²) in [5, 5.41) is 9.76. The van der Waals surface area contributed by atoms with E-state index < -0.39 is 5.60 Å². The summed E-state index contributed by atoms with van der Waals surface area (Å²) in [5.41, 5.74) is 4.34. The maximum atomic E-state index is 11.8. The summed E-state index contributed by atoms with van der Waals surface area (Å²) >= 11 is 0. The summed E-state index contributed by atoms with van der Waals surface area (Å²) in [6.07, 6.45) is 0. The molecule has 0 aliphatic rings. The summed E-state index contributed by atoms with van der Waals surface area (Å²) < 4.78 is 0. The molecule has 0 spiro atoms. The van der Waals surface area contributed by atoms with Crippen molar-refractivity contribution < 1.29 is 14.7 Å². The summed E-state index contributed by atoms with van der Waals surface area (Å²) in [6, 6.07) is 8.63. The molecule has 0 unspecified atom stereocenters. The third kappa shape index (κ3) is 6.87. The van der Waals surface area contributed by atoms with Gasteiger partial charge in [-0.1, -0.05) is 25.1 Å². The number of benzene rings is 1. The average Bonchev–Trinajstić information content (AvgIpc) is 2.43. The van der Waals surface area contributed by atoms with Gasteiger partial charge in [0.15, 0.2) is 0 Å². The Kier molecular flexibility index (Phi) is 6.33. The van der Waals surface area contributed by atoms with Gasteiger partial charge in [-0.2, -0.15) is 0 Å². The van der Waals surface area contributed by atoms with Crippen molar-refractivity contribution in [3.63, 3.8) is 0 Å². The van der Waals surface area contributed by atoms with Crippen molar-refractivity contribution in [1.29, 1.82) is 0 Å². The lowest BCUT2D eigenvalue weighted by atomic mass is 10.1. The number of carbonyl (C=O) groups is 2. The molecule has 1 aromatic carbocycles. The van der Waals surface area contributed by atoms with Gasteiger partial charge < -0.3 is 5.11 Å². The second-order valence-corrected chi connectivity index (χ2v) is 5.48. The van der Waals surface area contributed by atoms with E-state index in [0.717, 1.165) is 0 Å². The molecule has 21 heavy (non-hydrogen) atoms. The number of nitrogens with zero attached hydrogens (tertiary/aromatic N) is 1. The van der Waals surface area contributed by atoms with Gasteiger partial charge in [-0.25, -0.2) is 0 Å². The first-order valence-corrected chi connectivity index (χ1v) is 6.91. The molecular weight excluding hydrogens is 270 g/mol. The van der Waals surface area contributed by atoms with Gasteiger partial charge in [-0.15, -0.1) is 0 Å². The minimum Gasteiger partial charge on any atom is -0.389 e. The molecule has 0 aliphatic heterocycles. The molecule has 1 rings (SSSR count). The summed E-state index contributed by atoms with van der Waals surface area (Å²) in [5.74, 6) is -0.695. The predicted octanol–water partition coefficient (Wildman–Crippen LogP) is 0.540. The highest BCUT2D eigenvalue weighted by Crippen LogP contribution is 2.04. The SMILES string of the molecule is CCN(CC(=O)NNC(=O)c1ccccc1)CC(C)(C)O. The number of hydrazine groups is 1. The highest BCUT2D eigenvalue weighted by molar-refractivity contribution is 5.95. The molecule has 0 radical (unpaired) electrons. The van der Waals surface area contributed by atoms with E-state index in [-0.39, 0.29) is 18.4 Å². The Morgan fingerprint density at radius 1 is 1.19 bits per heavy atom. The van der Waals surface area contributed by atoms with Crippen LogP contribution in [-0.2, 0) is 4.79 Å². The molecule has 3 N–H and O–H groups in total. The lowest BCUT2D eigenvalue weighted by Crippen LogP contribution is -2.48. The van der Waals surface area contributed by atoms with E-state index in [9.17, 15) is 14.7 Å². The van der Waals surface area contributed by atoms with Gasteiger partial charge in [0.25, 0.3) is 11.8 Å². The minimum absolute atomic E-state index is 0.107. The first kappa shape index (κ1) is 17.1. The standard InChI is InChI=1S/C15H23N3O3/c1-4-18(11-15(2,3)21)10-13(19)16-17-14(20)12-8-6-5-7-9-12/h5-9,21H,4,10-11H2,1-3H3,(H,16,19)(H,17,20). The fourth-order valence-electron chi connectivity index (χ4n) is 1.86. The fraction of sp³-hybridized carbons (Fsp3) is 0.467. The van der Waals surface area contributed by atoms with Crippen LogP contribution >= 0.6 is 0 Å². The van der Waals surface area contributed by atoms with Crippen LogP contribution in [0, 0.1) is 0 Å². The molecule has 0 aliphatic carbocycles. The van der Waals surface area contributed by atoms with Crippen molar-refractivity contribution in [3.8, 4) is 0 Å². The largest absolute Gasteiger partial charge is 0.389 e. The molecule has 1 aromatic rings. The Morgan fingerprint density at radius 3 is 2.33 bits per heavy atom. The van der Waals surface area contributed by atoms with Crippen LogP contribution in [0.2, 0.25) is 0 Å². The van der Waals surface area contributed by atoms with Gasteiger partial charge in [-0.05, 0) is 32.5 Å². The van der Waals surface area contributed by atoms with Crippen LogP contribution in [0.3, 0.4) is 0 Å². The number of hydrogen-bond donors (Lipinski definition) is 3. The third-order valence-electron chi connectivity index (χ3n) is 2.78. The van der Waals surface area contributed by atoms with Crippen molar-refractivity contribution in [1.82, 2.24) is 15.8 Å². The van der Waals surface area contributed by atoms with E-state index in [1.807, 2.05) is 13.0 Å². The number of amides is 2. The number of hydrogen-bond acceptors (Lipinski definition) is 4. The number of likely N-dealkylation sites (N-methyl/N-ethyl adjacent to an activating group) is 1. The third-order valence-corrected chi connectivity index (χ3v) is 2.78. The zero-order valence-corrected chi connectivity index (χ0v) is 12.7. The summed E-state index contributed by atoms with van der Waals surface area (Å²) in [7, 11) is 0. The zero-order chi connectivity index (χ0) is 15.9. The maximum Gasteiger partial charge on any atom is 0.269 e. The molecule has 6 nitrogen and oxygen atoms in total. The molecule has 0 saturated heterocycles. The highest BCUT2D eigenvalue weighted by atomic mass is 16.3. The summed E-state index contributed by atoms with van der Waals surface area (Å²) in [6.45, 7) is 6.39. The normalized spacial score (nSPS) is 11.3. The fourth-order valence-corrected chi connectivity index (χ4v) is 1.86. The van der Waals surface area contributed by atoms with E-state index in [4.69, 9.17) is 0 Å². The van der Waals surface area contributed by atoms with E-state index in [1.165, 1.54) is 0 Å². The molecule has 0 aromatic heterocycles. The molecule has 116 valence electrons. The Morgan fingerprint density at radius 2 is 1.81 bits per heavy atom. The average molecular weight is 293 g/mol. The van der Waals surface area contributed by atoms with Crippen LogP contribution in [0.5, 0.6) is 0 Å². The Hall–Kier alpha value is -1.92. The number of carbonyl (C=O) groups excluding carboxylic acids is 2. The van der Waals surface area contributed by atoms with E-state index in [2.05, 4.69) is 10.9 Å². The monoisotopic (exact) mass is 293 g/mol. The van der Waals surface area contributed by atoms with Crippen LogP contribution in [-0.4, -0.2) is 47.1 Å². The first-order chi connectivity index (χ1) is 9.81. The molecular formula is C15H23N3O3.